The average molecular weight is 446 g/mol. The lowest BCUT2D eigenvalue weighted by molar-refractivity contribution is 0.325. The summed E-state index contributed by atoms with van der Waals surface area (Å²) >= 11 is 11.3. The molecule has 156 valence electrons. The molecule has 3 heterocycles. The van der Waals surface area contributed by atoms with Crippen molar-refractivity contribution in [1.82, 2.24) is 19.5 Å². The summed E-state index contributed by atoms with van der Waals surface area (Å²) in [5.74, 6) is 0.564. The van der Waals surface area contributed by atoms with E-state index < -0.39 is 5.82 Å². The highest BCUT2D eigenvalue weighted by Crippen LogP contribution is 2.28. The lowest BCUT2D eigenvalue weighted by atomic mass is 10.1. The molecule has 0 spiro atoms. The van der Waals surface area contributed by atoms with Gasteiger partial charge in [0.15, 0.2) is 10.8 Å². The van der Waals surface area contributed by atoms with Crippen molar-refractivity contribution in [2.24, 2.45) is 10.7 Å². The van der Waals surface area contributed by atoms with Crippen molar-refractivity contribution in [2.75, 3.05) is 18.4 Å². The van der Waals surface area contributed by atoms with Crippen LogP contribution in [0.1, 0.15) is 19.8 Å². The maximum Gasteiger partial charge on any atom is 0.243 e. The van der Waals surface area contributed by atoms with Gasteiger partial charge < -0.3 is 16.0 Å². The summed E-state index contributed by atoms with van der Waals surface area (Å²) in [5.41, 5.74) is 7.90. The first kappa shape index (κ1) is 20.5. The van der Waals surface area contributed by atoms with Gasteiger partial charge in [-0.3, -0.25) is 0 Å². The van der Waals surface area contributed by atoms with Gasteiger partial charge in [-0.2, -0.15) is 4.98 Å². The predicted octanol–water partition coefficient (Wildman–Crippen LogP) is 3.73. The summed E-state index contributed by atoms with van der Waals surface area (Å²) in [4.78, 5) is 10.9. The van der Waals surface area contributed by atoms with Crippen LogP contribution in [0.5, 0.6) is 0 Å². The molecule has 1 aromatic carbocycles. The SMILES string of the molecule is C/C(N)=N/C(=S)N1CCC(Nc2nc3c(-c4ccc(F)c(Cl)c4)cccn3n2)CC1. The summed E-state index contributed by atoms with van der Waals surface area (Å²) in [6, 6.07) is 8.65. The third kappa shape index (κ3) is 4.36. The number of nitrogens with one attached hydrogen (secondary N) is 1. The summed E-state index contributed by atoms with van der Waals surface area (Å²) in [6.07, 6.45) is 3.60. The number of amidine groups is 1. The highest BCUT2D eigenvalue weighted by Gasteiger charge is 2.22. The molecular weight excluding hydrogens is 425 g/mol. The van der Waals surface area contributed by atoms with Gasteiger partial charge in [-0.05, 0) is 61.8 Å². The highest BCUT2D eigenvalue weighted by molar-refractivity contribution is 7.80. The minimum atomic E-state index is -0.450. The number of likely N-dealkylation sites (tertiary alicyclic amines) is 1. The van der Waals surface area contributed by atoms with Crippen LogP contribution in [0.2, 0.25) is 5.02 Å². The number of benzene rings is 1. The quantitative estimate of drug-likeness (QED) is 0.363. The fourth-order valence-electron chi connectivity index (χ4n) is 3.48. The Balaban J connectivity index is 1.49. The van der Waals surface area contributed by atoms with Crippen molar-refractivity contribution in [3.05, 3.63) is 47.4 Å². The molecule has 0 saturated carbocycles. The molecule has 30 heavy (non-hydrogen) atoms. The molecule has 7 nitrogen and oxygen atoms in total. The van der Waals surface area contributed by atoms with E-state index in [9.17, 15) is 4.39 Å². The van der Waals surface area contributed by atoms with Crippen molar-refractivity contribution in [3.8, 4) is 11.1 Å². The fourth-order valence-corrected chi connectivity index (χ4v) is 3.98. The van der Waals surface area contributed by atoms with Gasteiger partial charge in [0.25, 0.3) is 0 Å². The number of piperidine rings is 1. The highest BCUT2D eigenvalue weighted by atomic mass is 35.5. The smallest absolute Gasteiger partial charge is 0.243 e. The number of pyridine rings is 1. The first-order valence-electron chi connectivity index (χ1n) is 9.58. The number of hydrogen-bond acceptors (Lipinski definition) is 4. The molecule has 10 heteroatoms. The van der Waals surface area contributed by atoms with Crippen LogP contribution in [-0.4, -0.2) is 49.6 Å². The number of anilines is 1. The van der Waals surface area contributed by atoms with Gasteiger partial charge in [-0.1, -0.05) is 17.7 Å². The van der Waals surface area contributed by atoms with E-state index in [4.69, 9.17) is 29.6 Å². The summed E-state index contributed by atoms with van der Waals surface area (Å²) in [7, 11) is 0. The molecule has 1 aliphatic heterocycles. The number of nitrogens with two attached hydrogens (primary N) is 1. The second-order valence-electron chi connectivity index (χ2n) is 7.20. The molecule has 1 fully saturated rings. The summed E-state index contributed by atoms with van der Waals surface area (Å²) in [5, 5.41) is 8.55. The van der Waals surface area contributed by atoms with Gasteiger partial charge in [0.1, 0.15) is 5.82 Å². The molecule has 0 unspecified atom stereocenters. The number of thiocarbonyl (C=S) groups is 1. The molecule has 1 aliphatic rings. The topological polar surface area (TPSA) is 83.8 Å². The maximum atomic E-state index is 13.5. The van der Waals surface area contributed by atoms with Gasteiger partial charge in [0.05, 0.1) is 10.9 Å². The van der Waals surface area contributed by atoms with Crippen LogP contribution in [0.15, 0.2) is 41.5 Å². The fraction of sp³-hybridized carbons (Fsp3) is 0.300. The van der Waals surface area contributed by atoms with E-state index in [0.717, 1.165) is 37.1 Å². The van der Waals surface area contributed by atoms with E-state index in [1.54, 1.807) is 23.6 Å². The van der Waals surface area contributed by atoms with E-state index in [1.807, 2.05) is 18.3 Å². The molecule has 0 bridgehead atoms. The Morgan fingerprint density at radius 3 is 2.80 bits per heavy atom. The van der Waals surface area contributed by atoms with Crippen LogP contribution >= 0.6 is 23.8 Å². The number of nitrogens with zero attached hydrogens (tertiary/aromatic N) is 5. The van der Waals surface area contributed by atoms with E-state index >= 15 is 0 Å². The summed E-state index contributed by atoms with van der Waals surface area (Å²) < 4.78 is 15.2. The summed E-state index contributed by atoms with van der Waals surface area (Å²) in [6.45, 7) is 3.31. The van der Waals surface area contributed by atoms with Crippen LogP contribution in [0, 0.1) is 5.82 Å². The zero-order valence-corrected chi connectivity index (χ0v) is 17.9. The molecule has 3 N–H and O–H groups in total. The van der Waals surface area contributed by atoms with Crippen molar-refractivity contribution in [2.45, 2.75) is 25.8 Å². The first-order valence-corrected chi connectivity index (χ1v) is 10.4. The van der Waals surface area contributed by atoms with Gasteiger partial charge in [-0.25, -0.2) is 13.9 Å². The molecule has 3 aromatic rings. The predicted molar refractivity (Wildman–Crippen MR) is 122 cm³/mol. The Kier molecular flexibility index (Phi) is 5.83. The van der Waals surface area contributed by atoms with E-state index in [-0.39, 0.29) is 11.1 Å². The lowest BCUT2D eigenvalue weighted by Crippen LogP contribution is -2.41. The Bertz CT molecular complexity index is 1120. The number of aromatic nitrogens is 3. The molecule has 0 aliphatic carbocycles. The third-order valence-electron chi connectivity index (χ3n) is 4.96. The number of fused-ring (bicyclic) bond motifs is 1. The number of hydrogen-bond donors (Lipinski definition) is 2. The minimum Gasteiger partial charge on any atom is -0.387 e. The largest absolute Gasteiger partial charge is 0.387 e. The lowest BCUT2D eigenvalue weighted by Gasteiger charge is -2.32. The number of halogens is 2. The normalized spacial score (nSPS) is 15.6. The van der Waals surface area contributed by atoms with Gasteiger partial charge in [-0.15, -0.1) is 5.10 Å². The van der Waals surface area contributed by atoms with E-state index in [0.29, 0.717) is 22.5 Å². The molecule has 0 amide bonds. The Hall–Kier alpha value is -2.78. The average Bonchev–Trinajstić information content (AvgIpc) is 3.12. The number of aliphatic imine (C=N–C) groups is 1. The molecule has 0 atom stereocenters. The standard InChI is InChI=1S/C20H21ClFN7S/c1-12(23)24-20(30)28-9-6-14(7-10-28)25-19-26-18-15(3-2-8-29(18)27-19)13-4-5-17(22)16(21)11-13/h2-5,8,11,14H,6-7,9-10H2,1H3,(H,25,27)(H2,23,24,30). The minimum absolute atomic E-state index is 0.0752. The van der Waals surface area contributed by atoms with Crippen LogP contribution in [0.3, 0.4) is 0 Å². The maximum absolute atomic E-state index is 13.5. The Labute approximate surface area is 183 Å². The van der Waals surface area contributed by atoms with Crippen molar-refractivity contribution < 1.29 is 4.39 Å². The third-order valence-corrected chi connectivity index (χ3v) is 5.60. The molecule has 0 radical (unpaired) electrons. The van der Waals surface area contributed by atoms with Crippen molar-refractivity contribution in [1.29, 1.82) is 0 Å². The first-order chi connectivity index (χ1) is 14.4. The van der Waals surface area contributed by atoms with E-state index in [1.165, 1.54) is 6.07 Å². The number of rotatable bonds is 3. The van der Waals surface area contributed by atoms with Crippen molar-refractivity contribution >= 4 is 46.4 Å². The van der Waals surface area contributed by atoms with Gasteiger partial charge in [0.2, 0.25) is 5.95 Å². The van der Waals surface area contributed by atoms with Crippen LogP contribution in [-0.2, 0) is 0 Å². The second-order valence-corrected chi connectivity index (χ2v) is 7.97. The van der Waals surface area contributed by atoms with Crippen LogP contribution < -0.4 is 11.1 Å². The van der Waals surface area contributed by atoms with Gasteiger partial charge >= 0.3 is 0 Å². The molecule has 2 aromatic heterocycles. The zero-order chi connectivity index (χ0) is 21.3. The Morgan fingerprint density at radius 2 is 2.10 bits per heavy atom. The van der Waals surface area contributed by atoms with Gasteiger partial charge in [0, 0.05) is 30.9 Å². The Morgan fingerprint density at radius 1 is 1.33 bits per heavy atom. The van der Waals surface area contributed by atoms with Crippen LogP contribution in [0.4, 0.5) is 10.3 Å². The molecular formula is C20H21ClFN7S. The van der Waals surface area contributed by atoms with Crippen LogP contribution in [0.25, 0.3) is 16.8 Å². The van der Waals surface area contributed by atoms with E-state index in [2.05, 4.69) is 25.3 Å². The zero-order valence-electron chi connectivity index (χ0n) is 16.3. The monoisotopic (exact) mass is 445 g/mol. The molecule has 4 rings (SSSR count). The molecule has 1 saturated heterocycles. The van der Waals surface area contributed by atoms with Crippen molar-refractivity contribution in [3.63, 3.8) is 0 Å². The second kappa shape index (κ2) is 8.53.